The van der Waals surface area contributed by atoms with Gasteiger partial charge < -0.3 is 9.73 Å². The highest BCUT2D eigenvalue weighted by Gasteiger charge is 2.15. The zero-order valence-electron chi connectivity index (χ0n) is 14.2. The molecule has 0 bridgehead atoms. The van der Waals surface area contributed by atoms with E-state index >= 15 is 0 Å². The van der Waals surface area contributed by atoms with Crippen LogP contribution < -0.4 is 10.9 Å². The number of benzene rings is 3. The lowest BCUT2D eigenvalue weighted by Crippen LogP contribution is -2.17. The van der Waals surface area contributed by atoms with Crippen molar-refractivity contribution in [3.8, 4) is 0 Å². The van der Waals surface area contributed by atoms with Crippen LogP contribution in [-0.2, 0) is 10.1 Å². The van der Waals surface area contributed by atoms with Crippen LogP contribution in [0.3, 0.4) is 0 Å². The van der Waals surface area contributed by atoms with Crippen LogP contribution in [0.15, 0.2) is 80.8 Å². The Labute approximate surface area is 159 Å². The number of nitrogens with one attached hydrogen (secondary N) is 1. The van der Waals surface area contributed by atoms with Gasteiger partial charge in [0.25, 0.3) is 16.0 Å². The molecule has 1 aromatic heterocycles. The lowest BCUT2D eigenvalue weighted by atomic mass is 10.1. The van der Waals surface area contributed by atoms with Gasteiger partial charge >= 0.3 is 5.63 Å². The fourth-order valence-electron chi connectivity index (χ4n) is 2.93. The monoisotopic (exact) mass is 395 g/mol. The first kappa shape index (κ1) is 17.9. The summed E-state index contributed by atoms with van der Waals surface area (Å²) >= 11 is 0. The van der Waals surface area contributed by atoms with Crippen LogP contribution in [0, 0.1) is 0 Å². The lowest BCUT2D eigenvalue weighted by molar-refractivity contribution is 0.102. The molecule has 0 aliphatic rings. The largest absolute Gasteiger partial charge is 0.421 e. The van der Waals surface area contributed by atoms with Gasteiger partial charge in [-0.25, -0.2) is 4.79 Å². The Hall–Kier alpha value is -3.49. The molecule has 0 unspecified atom stereocenters. The summed E-state index contributed by atoms with van der Waals surface area (Å²) in [5.74, 6) is -0.480. The van der Waals surface area contributed by atoms with Crippen molar-refractivity contribution in [2.24, 2.45) is 0 Å². The third-order valence-electron chi connectivity index (χ3n) is 4.29. The highest BCUT2D eigenvalue weighted by Crippen LogP contribution is 2.28. The van der Waals surface area contributed by atoms with Crippen molar-refractivity contribution in [2.75, 3.05) is 5.32 Å². The van der Waals surface area contributed by atoms with Gasteiger partial charge in [0.05, 0.1) is 4.90 Å². The van der Waals surface area contributed by atoms with E-state index in [9.17, 15) is 22.6 Å². The van der Waals surface area contributed by atoms with Crippen molar-refractivity contribution in [3.05, 3.63) is 82.7 Å². The van der Waals surface area contributed by atoms with E-state index in [-0.39, 0.29) is 16.2 Å². The van der Waals surface area contributed by atoms with E-state index in [1.807, 2.05) is 0 Å². The van der Waals surface area contributed by atoms with Crippen LogP contribution in [0.25, 0.3) is 21.7 Å². The molecule has 0 aliphatic carbocycles. The smallest absolute Gasteiger partial charge is 0.360 e. The van der Waals surface area contributed by atoms with Gasteiger partial charge in [0.15, 0.2) is 0 Å². The molecule has 140 valence electrons. The van der Waals surface area contributed by atoms with E-state index in [2.05, 4.69) is 5.32 Å². The highest BCUT2D eigenvalue weighted by atomic mass is 32.2. The van der Waals surface area contributed by atoms with E-state index in [1.165, 1.54) is 24.3 Å². The molecule has 4 aromatic rings. The summed E-state index contributed by atoms with van der Waals surface area (Å²) in [7, 11) is -4.40. The van der Waals surface area contributed by atoms with Gasteiger partial charge in [0.1, 0.15) is 11.3 Å². The molecule has 3 aromatic carbocycles. The number of anilines is 1. The van der Waals surface area contributed by atoms with E-state index in [0.717, 1.165) is 0 Å². The number of hydrogen-bond acceptors (Lipinski definition) is 5. The molecule has 0 radical (unpaired) electrons. The Bertz CT molecular complexity index is 1390. The van der Waals surface area contributed by atoms with Crippen molar-refractivity contribution in [1.29, 1.82) is 0 Å². The second-order valence-electron chi connectivity index (χ2n) is 6.10. The van der Waals surface area contributed by atoms with Gasteiger partial charge in [0.2, 0.25) is 0 Å². The molecule has 0 fully saturated rings. The Balaban J connectivity index is 1.89. The van der Waals surface area contributed by atoms with Gasteiger partial charge in [-0.1, -0.05) is 30.3 Å². The fourth-order valence-corrected chi connectivity index (χ4v) is 3.44. The maximum absolute atomic E-state index is 12.3. The molecule has 0 saturated heterocycles. The lowest BCUT2D eigenvalue weighted by Gasteiger charge is -2.08. The Kier molecular flexibility index (Phi) is 4.21. The van der Waals surface area contributed by atoms with Crippen LogP contribution >= 0.6 is 0 Å². The zero-order chi connectivity index (χ0) is 19.9. The van der Waals surface area contributed by atoms with Crippen molar-refractivity contribution < 1.29 is 22.2 Å². The van der Waals surface area contributed by atoms with Crippen molar-refractivity contribution >= 4 is 43.5 Å². The molecule has 1 heterocycles. The van der Waals surface area contributed by atoms with E-state index < -0.39 is 21.7 Å². The zero-order valence-corrected chi connectivity index (χ0v) is 15.1. The summed E-state index contributed by atoms with van der Waals surface area (Å²) < 4.78 is 37.5. The summed E-state index contributed by atoms with van der Waals surface area (Å²) in [6, 6.07) is 17.1. The predicted octanol–water partition coefficient (Wildman–Crippen LogP) is 3.45. The second-order valence-corrected chi connectivity index (χ2v) is 7.52. The molecule has 7 nitrogen and oxygen atoms in total. The van der Waals surface area contributed by atoms with Crippen LogP contribution in [-0.4, -0.2) is 18.9 Å². The maximum Gasteiger partial charge on any atom is 0.360 e. The van der Waals surface area contributed by atoms with E-state index in [0.29, 0.717) is 21.7 Å². The molecule has 8 heteroatoms. The van der Waals surface area contributed by atoms with Crippen molar-refractivity contribution in [3.63, 3.8) is 0 Å². The minimum absolute atomic E-state index is 0.0777. The first-order chi connectivity index (χ1) is 13.3. The quantitative estimate of drug-likeness (QED) is 0.312. The Morgan fingerprint density at radius 1 is 0.929 bits per heavy atom. The number of carbonyl (C=O) groups excluding carboxylic acids is 1. The molecule has 4 rings (SSSR count). The topological polar surface area (TPSA) is 114 Å². The standard InChI is InChI=1S/C20H13NO6S/c22-19(13-4-2-1-3-5-13)21-17-11-16-15-10-14(28(24,25)26)8-6-12(15)7-9-18(16)27-20(17)23/h1-11H,(H,21,22)(H,24,25,26). The van der Waals surface area contributed by atoms with E-state index in [4.69, 9.17) is 4.42 Å². The van der Waals surface area contributed by atoms with E-state index in [1.54, 1.807) is 42.5 Å². The number of rotatable bonds is 3. The average Bonchev–Trinajstić information content (AvgIpc) is 2.68. The summed E-state index contributed by atoms with van der Waals surface area (Å²) in [5.41, 5.74) is -0.218. The number of fused-ring (bicyclic) bond motifs is 3. The highest BCUT2D eigenvalue weighted by molar-refractivity contribution is 7.85. The number of carbonyl (C=O) groups is 1. The van der Waals surface area contributed by atoms with Crippen LogP contribution in [0.4, 0.5) is 5.69 Å². The Morgan fingerprint density at radius 3 is 2.36 bits per heavy atom. The molecule has 1 amide bonds. The molecule has 0 saturated carbocycles. The number of hydrogen-bond donors (Lipinski definition) is 2. The van der Waals surface area contributed by atoms with Gasteiger partial charge in [-0.15, -0.1) is 0 Å². The van der Waals surface area contributed by atoms with Crippen molar-refractivity contribution in [2.45, 2.75) is 4.90 Å². The molecule has 2 N–H and O–H groups in total. The molecule has 0 atom stereocenters. The molecular formula is C20H13NO6S. The Morgan fingerprint density at radius 2 is 1.64 bits per heavy atom. The summed E-state index contributed by atoms with van der Waals surface area (Å²) in [6.07, 6.45) is 0. The van der Waals surface area contributed by atoms with Gasteiger partial charge in [-0.2, -0.15) is 8.42 Å². The van der Waals surface area contributed by atoms with Crippen LogP contribution in [0.2, 0.25) is 0 Å². The first-order valence-corrected chi connectivity index (χ1v) is 9.61. The summed E-state index contributed by atoms with van der Waals surface area (Å²) in [4.78, 5) is 24.3. The van der Waals surface area contributed by atoms with Crippen molar-refractivity contribution in [1.82, 2.24) is 0 Å². The number of amides is 1. The van der Waals surface area contributed by atoms with Gasteiger partial charge in [-0.3, -0.25) is 9.35 Å². The molecule has 0 aliphatic heterocycles. The first-order valence-electron chi connectivity index (χ1n) is 8.17. The third kappa shape index (κ3) is 3.26. The average molecular weight is 395 g/mol. The SMILES string of the molecule is O=C(Nc1cc2c(ccc3ccc(S(=O)(=O)O)cc32)oc1=O)c1ccccc1. The minimum Gasteiger partial charge on any atom is -0.421 e. The third-order valence-corrected chi connectivity index (χ3v) is 5.14. The fraction of sp³-hybridized carbons (Fsp3) is 0. The van der Waals surface area contributed by atoms with Crippen LogP contribution in [0.1, 0.15) is 10.4 Å². The molecular weight excluding hydrogens is 382 g/mol. The van der Waals surface area contributed by atoms with Gasteiger partial charge in [-0.05, 0) is 47.2 Å². The van der Waals surface area contributed by atoms with Crippen LogP contribution in [0.5, 0.6) is 0 Å². The summed E-state index contributed by atoms with van der Waals surface area (Å²) in [6.45, 7) is 0. The molecule has 0 spiro atoms. The normalized spacial score (nSPS) is 11.6. The summed E-state index contributed by atoms with van der Waals surface area (Å²) in [5, 5.41) is 4.06. The maximum atomic E-state index is 12.3. The predicted molar refractivity (Wildman–Crippen MR) is 104 cm³/mol. The minimum atomic E-state index is -4.40. The van der Waals surface area contributed by atoms with Gasteiger partial charge in [0, 0.05) is 10.9 Å². The molecule has 28 heavy (non-hydrogen) atoms. The second kappa shape index (κ2) is 6.59.